The first-order valence-corrected chi connectivity index (χ1v) is 9.82. The van der Waals surface area contributed by atoms with E-state index in [4.69, 9.17) is 16.1 Å². The van der Waals surface area contributed by atoms with Crippen LogP contribution in [0.15, 0.2) is 64.3 Å². The molecule has 27 heavy (non-hydrogen) atoms. The van der Waals surface area contributed by atoms with Crippen LogP contribution < -0.4 is 0 Å². The largest absolute Gasteiger partial charge is 0.339 e. The molecule has 6 nitrogen and oxygen atoms in total. The molecule has 2 aromatic heterocycles. The first kappa shape index (κ1) is 17.8. The Kier molecular flexibility index (Phi) is 5.22. The highest BCUT2D eigenvalue weighted by atomic mass is 35.5. The van der Waals surface area contributed by atoms with Crippen LogP contribution in [-0.2, 0) is 12.2 Å². The van der Waals surface area contributed by atoms with Crippen LogP contribution in [0, 0.1) is 0 Å². The Labute approximate surface area is 165 Å². The van der Waals surface area contributed by atoms with E-state index in [1.54, 1.807) is 0 Å². The Balaban J connectivity index is 1.69. The lowest BCUT2D eigenvalue weighted by Gasteiger charge is -2.10. The first-order chi connectivity index (χ1) is 13.2. The number of halogens is 1. The molecule has 2 aromatic carbocycles. The molecule has 4 aromatic rings. The normalized spacial score (nSPS) is 11.0. The predicted molar refractivity (Wildman–Crippen MR) is 105 cm³/mol. The maximum Gasteiger partial charge on any atom is 0.226 e. The van der Waals surface area contributed by atoms with Gasteiger partial charge in [0.15, 0.2) is 16.8 Å². The molecule has 0 unspecified atom stereocenters. The molecule has 0 aliphatic heterocycles. The predicted octanol–water partition coefficient (Wildman–Crippen LogP) is 4.83. The van der Waals surface area contributed by atoms with Crippen molar-refractivity contribution in [3.05, 3.63) is 71.3 Å². The maximum atomic E-state index is 6.02. The Morgan fingerprint density at radius 2 is 1.81 bits per heavy atom. The first-order valence-electron chi connectivity index (χ1n) is 8.45. The molecule has 0 bridgehead atoms. The van der Waals surface area contributed by atoms with E-state index in [0.717, 1.165) is 28.7 Å². The average Bonchev–Trinajstić information content (AvgIpc) is 3.34. The summed E-state index contributed by atoms with van der Waals surface area (Å²) in [6.07, 6.45) is 0.721. The van der Waals surface area contributed by atoms with Crippen LogP contribution in [0.1, 0.15) is 18.6 Å². The number of thioether (sulfide) groups is 1. The zero-order valence-corrected chi connectivity index (χ0v) is 16.1. The maximum absolute atomic E-state index is 6.02. The van der Waals surface area contributed by atoms with Gasteiger partial charge in [-0.3, -0.25) is 4.57 Å². The average molecular weight is 398 g/mol. The number of para-hydroxylation sites is 1. The highest BCUT2D eigenvalue weighted by Gasteiger charge is 2.17. The molecule has 8 heteroatoms. The molecule has 4 rings (SSSR count). The van der Waals surface area contributed by atoms with Gasteiger partial charge in [0.1, 0.15) is 0 Å². The van der Waals surface area contributed by atoms with E-state index >= 15 is 0 Å². The Morgan fingerprint density at radius 1 is 1.04 bits per heavy atom. The van der Waals surface area contributed by atoms with Crippen molar-refractivity contribution in [1.29, 1.82) is 0 Å². The summed E-state index contributed by atoms with van der Waals surface area (Å²) in [7, 11) is 0. The van der Waals surface area contributed by atoms with Gasteiger partial charge in [-0.05, 0) is 36.4 Å². The lowest BCUT2D eigenvalue weighted by Crippen LogP contribution is -1.99. The number of aryl methyl sites for hydroxylation is 1. The van der Waals surface area contributed by atoms with Gasteiger partial charge in [-0.25, -0.2) is 0 Å². The molecule has 0 fully saturated rings. The molecule has 136 valence electrons. The van der Waals surface area contributed by atoms with Crippen LogP contribution in [0.4, 0.5) is 0 Å². The molecule has 0 saturated carbocycles. The van der Waals surface area contributed by atoms with Crippen LogP contribution in [0.5, 0.6) is 0 Å². The minimum atomic E-state index is 0.551. The Hall–Kier alpha value is -2.64. The van der Waals surface area contributed by atoms with Crippen LogP contribution in [0.3, 0.4) is 0 Å². The number of nitrogens with zero attached hydrogens (tertiary/aromatic N) is 5. The lowest BCUT2D eigenvalue weighted by molar-refractivity contribution is 0.378. The van der Waals surface area contributed by atoms with Crippen molar-refractivity contribution in [2.45, 2.75) is 24.3 Å². The van der Waals surface area contributed by atoms with E-state index < -0.39 is 0 Å². The summed E-state index contributed by atoms with van der Waals surface area (Å²) in [5.74, 6) is 2.59. The number of hydrogen-bond acceptors (Lipinski definition) is 6. The quantitative estimate of drug-likeness (QED) is 0.434. The minimum Gasteiger partial charge on any atom is -0.339 e. The Bertz CT molecular complexity index is 1030. The van der Waals surface area contributed by atoms with E-state index in [1.807, 2.05) is 66.1 Å². The molecule has 0 N–H and O–H groups in total. The van der Waals surface area contributed by atoms with Gasteiger partial charge in [0, 0.05) is 22.7 Å². The minimum absolute atomic E-state index is 0.551. The van der Waals surface area contributed by atoms with Gasteiger partial charge in [-0.1, -0.05) is 53.6 Å². The van der Waals surface area contributed by atoms with Gasteiger partial charge in [-0.2, -0.15) is 4.98 Å². The van der Waals surface area contributed by atoms with Crippen LogP contribution in [-0.4, -0.2) is 24.9 Å². The standard InChI is InChI=1S/C19H16ClN5OS/c1-2-17-21-16(24-26-17)12-27-19-23-22-18(13-8-10-14(20)11-9-13)25(19)15-6-4-3-5-7-15/h3-11H,2,12H2,1H3. The number of benzene rings is 2. The second-order valence-electron chi connectivity index (χ2n) is 5.73. The molecule has 0 aliphatic rings. The summed E-state index contributed by atoms with van der Waals surface area (Å²) >= 11 is 7.54. The summed E-state index contributed by atoms with van der Waals surface area (Å²) in [4.78, 5) is 4.35. The molecular weight excluding hydrogens is 382 g/mol. The van der Waals surface area contributed by atoms with Crippen molar-refractivity contribution in [2.75, 3.05) is 0 Å². The molecule has 0 aliphatic carbocycles. The SMILES string of the molecule is CCc1nc(CSc2nnc(-c3ccc(Cl)cc3)n2-c2ccccc2)no1. The van der Waals surface area contributed by atoms with Crippen LogP contribution >= 0.6 is 23.4 Å². The smallest absolute Gasteiger partial charge is 0.226 e. The third-order valence-electron chi connectivity index (χ3n) is 3.89. The molecule has 0 spiro atoms. The summed E-state index contributed by atoms with van der Waals surface area (Å²) in [5.41, 5.74) is 1.92. The summed E-state index contributed by atoms with van der Waals surface area (Å²) in [6, 6.07) is 17.6. The number of hydrogen-bond donors (Lipinski definition) is 0. The molecule has 0 saturated heterocycles. The molecule has 0 atom stereocenters. The van der Waals surface area contributed by atoms with Crippen molar-refractivity contribution in [2.24, 2.45) is 0 Å². The molecular formula is C19H16ClN5OS. The van der Waals surface area contributed by atoms with Gasteiger partial charge >= 0.3 is 0 Å². The fourth-order valence-corrected chi connectivity index (χ4v) is 3.50. The fraction of sp³-hybridized carbons (Fsp3) is 0.158. The van der Waals surface area contributed by atoms with E-state index in [2.05, 4.69) is 20.3 Å². The fourth-order valence-electron chi connectivity index (χ4n) is 2.58. The third kappa shape index (κ3) is 3.89. The van der Waals surface area contributed by atoms with Gasteiger partial charge in [0.25, 0.3) is 0 Å². The zero-order valence-electron chi connectivity index (χ0n) is 14.5. The third-order valence-corrected chi connectivity index (χ3v) is 5.07. The van der Waals surface area contributed by atoms with Gasteiger partial charge in [0.05, 0.1) is 5.75 Å². The highest BCUT2D eigenvalue weighted by Crippen LogP contribution is 2.29. The zero-order chi connectivity index (χ0) is 18.6. The van der Waals surface area contributed by atoms with E-state index in [0.29, 0.717) is 22.5 Å². The summed E-state index contributed by atoms with van der Waals surface area (Å²) in [6.45, 7) is 1.98. The van der Waals surface area contributed by atoms with Crippen molar-refractivity contribution < 1.29 is 4.52 Å². The van der Waals surface area contributed by atoms with Crippen molar-refractivity contribution in [3.63, 3.8) is 0 Å². The van der Waals surface area contributed by atoms with Crippen molar-refractivity contribution in [3.8, 4) is 17.1 Å². The van der Waals surface area contributed by atoms with Gasteiger partial charge < -0.3 is 4.52 Å². The second kappa shape index (κ2) is 7.94. The van der Waals surface area contributed by atoms with E-state index in [1.165, 1.54) is 11.8 Å². The molecule has 0 radical (unpaired) electrons. The molecule has 2 heterocycles. The lowest BCUT2D eigenvalue weighted by atomic mass is 10.2. The number of aromatic nitrogens is 5. The van der Waals surface area contributed by atoms with Crippen LogP contribution in [0.25, 0.3) is 17.1 Å². The van der Waals surface area contributed by atoms with E-state index in [-0.39, 0.29) is 0 Å². The van der Waals surface area contributed by atoms with Crippen molar-refractivity contribution in [1.82, 2.24) is 24.9 Å². The topological polar surface area (TPSA) is 69.6 Å². The summed E-state index contributed by atoms with van der Waals surface area (Å²) < 4.78 is 7.20. The van der Waals surface area contributed by atoms with Crippen LogP contribution in [0.2, 0.25) is 5.02 Å². The second-order valence-corrected chi connectivity index (χ2v) is 7.11. The molecule has 0 amide bonds. The van der Waals surface area contributed by atoms with Gasteiger partial charge in [-0.15, -0.1) is 10.2 Å². The highest BCUT2D eigenvalue weighted by molar-refractivity contribution is 7.98. The summed E-state index contributed by atoms with van der Waals surface area (Å²) in [5, 5.41) is 14.2. The van der Waals surface area contributed by atoms with E-state index in [9.17, 15) is 0 Å². The van der Waals surface area contributed by atoms with Gasteiger partial charge in [0.2, 0.25) is 5.89 Å². The Morgan fingerprint density at radius 3 is 2.52 bits per heavy atom. The van der Waals surface area contributed by atoms with Crippen molar-refractivity contribution >= 4 is 23.4 Å². The monoisotopic (exact) mass is 397 g/mol. The number of rotatable bonds is 6.